The number of rotatable bonds is 3. The lowest BCUT2D eigenvalue weighted by atomic mass is 10.1. The summed E-state index contributed by atoms with van der Waals surface area (Å²) in [6.07, 6.45) is 0.1000. The van der Waals surface area contributed by atoms with Crippen molar-refractivity contribution < 1.29 is 4.79 Å². The van der Waals surface area contributed by atoms with Crippen LogP contribution < -0.4 is 10.9 Å². The van der Waals surface area contributed by atoms with Crippen molar-refractivity contribution >= 4 is 45.0 Å². The first kappa shape index (κ1) is 14.7. The Balaban J connectivity index is 1.86. The highest BCUT2D eigenvalue weighted by Gasteiger charge is 2.10. The van der Waals surface area contributed by atoms with Gasteiger partial charge in [0, 0.05) is 14.6 Å². The summed E-state index contributed by atoms with van der Waals surface area (Å²) < 4.78 is 1.04. The summed E-state index contributed by atoms with van der Waals surface area (Å²) in [5.41, 5.74) is 1.04. The molecule has 0 radical (unpaired) electrons. The largest absolute Gasteiger partial charge is 0.326 e. The summed E-state index contributed by atoms with van der Waals surface area (Å²) in [6, 6.07) is 14.7. The number of carbonyl (C=O) groups is 1. The van der Waals surface area contributed by atoms with Crippen molar-refractivity contribution in [1.29, 1.82) is 0 Å². The summed E-state index contributed by atoms with van der Waals surface area (Å²) >= 11 is 2.19. The van der Waals surface area contributed by atoms with E-state index in [1.54, 1.807) is 18.2 Å². The quantitative estimate of drug-likeness (QED) is 0.659. The van der Waals surface area contributed by atoms with Gasteiger partial charge in [-0.1, -0.05) is 24.3 Å². The van der Waals surface area contributed by atoms with Crippen molar-refractivity contribution in [2.75, 3.05) is 5.32 Å². The van der Waals surface area contributed by atoms with E-state index < -0.39 is 0 Å². The molecule has 6 heteroatoms. The van der Waals surface area contributed by atoms with Crippen molar-refractivity contribution in [2.45, 2.75) is 6.42 Å². The lowest BCUT2D eigenvalue weighted by molar-refractivity contribution is -0.115. The van der Waals surface area contributed by atoms with Crippen LogP contribution in [-0.2, 0) is 11.2 Å². The molecule has 0 unspecified atom stereocenters. The highest BCUT2D eigenvalue weighted by Crippen LogP contribution is 2.15. The Labute approximate surface area is 139 Å². The Bertz CT molecular complexity index is 905. The standard InChI is InChI=1S/C16H12IN3O2/c17-10-4-3-5-11(8-10)18-15(21)9-14-12-6-1-2-7-13(12)16(22)20-19-14/h1-8H,9H2,(H,18,21)(H,20,22). The third kappa shape index (κ3) is 3.16. The normalized spacial score (nSPS) is 10.6. The molecule has 0 bridgehead atoms. The average Bonchev–Trinajstić information content (AvgIpc) is 2.50. The molecule has 110 valence electrons. The Hall–Kier alpha value is -2.22. The average molecular weight is 405 g/mol. The molecule has 0 saturated carbocycles. The van der Waals surface area contributed by atoms with Crippen molar-refractivity contribution in [3.05, 3.63) is 68.1 Å². The number of hydrogen-bond donors (Lipinski definition) is 2. The first-order valence-electron chi connectivity index (χ1n) is 6.65. The lowest BCUT2D eigenvalue weighted by Crippen LogP contribution is -2.18. The fourth-order valence-electron chi connectivity index (χ4n) is 2.23. The smallest absolute Gasteiger partial charge is 0.272 e. The summed E-state index contributed by atoms with van der Waals surface area (Å²) in [5.74, 6) is -0.174. The zero-order chi connectivity index (χ0) is 15.5. The van der Waals surface area contributed by atoms with Gasteiger partial charge in [0.1, 0.15) is 0 Å². The number of hydrogen-bond acceptors (Lipinski definition) is 3. The van der Waals surface area contributed by atoms with E-state index in [0.29, 0.717) is 16.5 Å². The molecule has 1 heterocycles. The zero-order valence-corrected chi connectivity index (χ0v) is 13.6. The number of nitrogens with zero attached hydrogens (tertiary/aromatic N) is 1. The minimum Gasteiger partial charge on any atom is -0.326 e. The number of anilines is 1. The molecule has 0 aliphatic heterocycles. The predicted molar refractivity (Wildman–Crippen MR) is 93.9 cm³/mol. The van der Waals surface area contributed by atoms with Gasteiger partial charge >= 0.3 is 0 Å². The number of aromatic amines is 1. The second kappa shape index (κ2) is 6.27. The zero-order valence-electron chi connectivity index (χ0n) is 11.5. The van der Waals surface area contributed by atoms with Crippen LogP contribution in [0.15, 0.2) is 53.3 Å². The molecule has 1 amide bonds. The molecule has 0 saturated heterocycles. The molecule has 2 N–H and O–H groups in total. The van der Waals surface area contributed by atoms with Crippen LogP contribution in [-0.4, -0.2) is 16.1 Å². The fraction of sp³-hybridized carbons (Fsp3) is 0.0625. The van der Waals surface area contributed by atoms with E-state index in [4.69, 9.17) is 0 Å². The number of nitrogens with one attached hydrogen (secondary N) is 2. The number of amides is 1. The molecule has 0 atom stereocenters. The van der Waals surface area contributed by atoms with E-state index in [9.17, 15) is 9.59 Å². The van der Waals surface area contributed by atoms with Gasteiger partial charge in [0.15, 0.2) is 0 Å². The number of fused-ring (bicyclic) bond motifs is 1. The van der Waals surface area contributed by atoms with Crippen LogP contribution in [0.2, 0.25) is 0 Å². The van der Waals surface area contributed by atoms with Crippen LogP contribution >= 0.6 is 22.6 Å². The van der Waals surface area contributed by atoms with Crippen molar-refractivity contribution in [1.82, 2.24) is 10.2 Å². The van der Waals surface area contributed by atoms with Crippen LogP contribution in [0.4, 0.5) is 5.69 Å². The molecule has 3 rings (SSSR count). The molecule has 3 aromatic rings. The van der Waals surface area contributed by atoms with Gasteiger partial charge in [0.25, 0.3) is 5.56 Å². The topological polar surface area (TPSA) is 74.8 Å². The second-order valence-corrected chi connectivity index (χ2v) is 6.03. The molecule has 22 heavy (non-hydrogen) atoms. The number of halogens is 1. The first-order chi connectivity index (χ1) is 10.6. The number of H-pyrrole nitrogens is 1. The molecule has 1 aromatic heterocycles. The third-order valence-electron chi connectivity index (χ3n) is 3.21. The SMILES string of the molecule is O=C(Cc1n[nH]c(=O)c2ccccc12)Nc1cccc(I)c1. The van der Waals surface area contributed by atoms with Crippen LogP contribution in [0.5, 0.6) is 0 Å². The summed E-state index contributed by atoms with van der Waals surface area (Å²) in [4.78, 5) is 23.9. The monoisotopic (exact) mass is 405 g/mol. The Morgan fingerprint density at radius 2 is 1.91 bits per heavy atom. The van der Waals surface area contributed by atoms with Gasteiger partial charge in [-0.15, -0.1) is 0 Å². The molecule has 0 spiro atoms. The van der Waals surface area contributed by atoms with Gasteiger partial charge < -0.3 is 5.32 Å². The molecule has 0 fully saturated rings. The molecule has 0 aliphatic carbocycles. The third-order valence-corrected chi connectivity index (χ3v) is 3.88. The minimum absolute atomic E-state index is 0.1000. The van der Waals surface area contributed by atoms with Gasteiger partial charge in [-0.05, 0) is 46.9 Å². The Morgan fingerprint density at radius 3 is 2.68 bits per heavy atom. The van der Waals surface area contributed by atoms with E-state index in [2.05, 4.69) is 38.1 Å². The predicted octanol–water partition coefficient (Wildman–Crippen LogP) is 2.71. The van der Waals surface area contributed by atoms with Crippen molar-refractivity contribution in [3.63, 3.8) is 0 Å². The second-order valence-electron chi connectivity index (χ2n) is 4.78. The molecule has 5 nitrogen and oxygen atoms in total. The van der Waals surface area contributed by atoms with E-state index >= 15 is 0 Å². The number of aromatic nitrogens is 2. The van der Waals surface area contributed by atoms with Gasteiger partial charge in [-0.25, -0.2) is 5.10 Å². The lowest BCUT2D eigenvalue weighted by Gasteiger charge is -2.07. The van der Waals surface area contributed by atoms with Crippen LogP contribution in [0.3, 0.4) is 0 Å². The van der Waals surface area contributed by atoms with E-state index in [-0.39, 0.29) is 17.9 Å². The minimum atomic E-state index is -0.252. The maximum Gasteiger partial charge on any atom is 0.272 e. The number of carbonyl (C=O) groups excluding carboxylic acids is 1. The van der Waals surface area contributed by atoms with Gasteiger partial charge in [-0.2, -0.15) is 5.10 Å². The van der Waals surface area contributed by atoms with Crippen LogP contribution in [0.1, 0.15) is 5.69 Å². The fourth-order valence-corrected chi connectivity index (χ4v) is 2.77. The van der Waals surface area contributed by atoms with E-state index in [1.165, 1.54) is 0 Å². The van der Waals surface area contributed by atoms with Gasteiger partial charge in [-0.3, -0.25) is 9.59 Å². The molecule has 2 aromatic carbocycles. The van der Waals surface area contributed by atoms with Crippen LogP contribution in [0, 0.1) is 3.57 Å². The number of benzene rings is 2. The van der Waals surface area contributed by atoms with Gasteiger partial charge in [0.2, 0.25) is 5.91 Å². The van der Waals surface area contributed by atoms with E-state index in [0.717, 1.165) is 9.26 Å². The molecular formula is C16H12IN3O2. The highest BCUT2D eigenvalue weighted by molar-refractivity contribution is 14.1. The van der Waals surface area contributed by atoms with Crippen molar-refractivity contribution in [2.24, 2.45) is 0 Å². The summed E-state index contributed by atoms with van der Waals surface area (Å²) in [6.45, 7) is 0. The Kier molecular flexibility index (Phi) is 4.19. The maximum atomic E-state index is 12.2. The molecule has 0 aliphatic rings. The first-order valence-corrected chi connectivity index (χ1v) is 7.73. The van der Waals surface area contributed by atoms with E-state index in [1.807, 2.05) is 30.3 Å². The Morgan fingerprint density at radius 1 is 1.14 bits per heavy atom. The van der Waals surface area contributed by atoms with Crippen molar-refractivity contribution in [3.8, 4) is 0 Å². The summed E-state index contributed by atoms with van der Waals surface area (Å²) in [7, 11) is 0. The highest BCUT2D eigenvalue weighted by atomic mass is 127. The maximum absolute atomic E-state index is 12.2. The molecular weight excluding hydrogens is 393 g/mol. The summed E-state index contributed by atoms with van der Waals surface area (Å²) in [5, 5.41) is 10.5. The van der Waals surface area contributed by atoms with Gasteiger partial charge in [0.05, 0.1) is 17.5 Å². The van der Waals surface area contributed by atoms with Crippen LogP contribution in [0.25, 0.3) is 10.8 Å².